The lowest BCUT2D eigenvalue weighted by Crippen LogP contribution is -2.07. The number of hydrogen-bond donors (Lipinski definition) is 0. The molecule has 0 aliphatic carbocycles. The van der Waals surface area contributed by atoms with E-state index in [2.05, 4.69) is 4.99 Å². The van der Waals surface area contributed by atoms with Gasteiger partial charge in [0, 0.05) is 18.7 Å². The van der Waals surface area contributed by atoms with Crippen LogP contribution in [0.5, 0.6) is 5.75 Å². The van der Waals surface area contributed by atoms with Gasteiger partial charge in [-0.1, -0.05) is 0 Å². The van der Waals surface area contributed by atoms with Crippen LogP contribution in [0.15, 0.2) is 35.2 Å². The lowest BCUT2D eigenvalue weighted by molar-refractivity contribution is -0.386. The van der Waals surface area contributed by atoms with E-state index in [4.69, 9.17) is 4.74 Å². The minimum absolute atomic E-state index is 0.230. The van der Waals surface area contributed by atoms with E-state index in [-0.39, 0.29) is 5.75 Å². The van der Waals surface area contributed by atoms with Crippen molar-refractivity contribution in [3.05, 3.63) is 45.8 Å². The summed E-state index contributed by atoms with van der Waals surface area (Å²) in [5, 5.41) is 10.9. The average Bonchev–Trinajstić information content (AvgIpc) is 2.38. The van der Waals surface area contributed by atoms with E-state index in [1.807, 2.05) is 0 Å². The maximum Gasteiger partial charge on any atom is 0.416 e. The van der Waals surface area contributed by atoms with Crippen molar-refractivity contribution in [2.45, 2.75) is 19.0 Å². The molecule has 8 heteroatoms. The molecular formula is C12H9F3N2O3. The molecule has 1 heterocycles. The third kappa shape index (κ3) is 3.14. The highest BCUT2D eigenvalue weighted by Gasteiger charge is 2.33. The smallest absolute Gasteiger partial charge is 0.416 e. The first-order chi connectivity index (χ1) is 9.38. The van der Waals surface area contributed by atoms with Crippen molar-refractivity contribution >= 4 is 11.9 Å². The van der Waals surface area contributed by atoms with Crippen LogP contribution >= 0.6 is 0 Å². The van der Waals surface area contributed by atoms with E-state index in [1.54, 1.807) is 6.21 Å². The number of hydrogen-bond acceptors (Lipinski definition) is 4. The topological polar surface area (TPSA) is 64.7 Å². The van der Waals surface area contributed by atoms with E-state index >= 15 is 0 Å². The minimum atomic E-state index is -4.64. The van der Waals surface area contributed by atoms with Crippen LogP contribution in [0.2, 0.25) is 0 Å². The molecule has 5 nitrogen and oxygen atoms in total. The third-order valence-electron chi connectivity index (χ3n) is 2.57. The summed E-state index contributed by atoms with van der Waals surface area (Å²) in [4.78, 5) is 13.8. The Kier molecular flexibility index (Phi) is 3.73. The van der Waals surface area contributed by atoms with Crippen molar-refractivity contribution in [1.82, 2.24) is 0 Å². The van der Waals surface area contributed by atoms with Crippen LogP contribution in [0.25, 0.3) is 0 Å². The quantitative estimate of drug-likeness (QED) is 0.628. The molecule has 1 aromatic carbocycles. The molecule has 20 heavy (non-hydrogen) atoms. The molecule has 0 spiro atoms. The molecule has 0 saturated carbocycles. The number of alkyl halides is 3. The van der Waals surface area contributed by atoms with Crippen LogP contribution in [0.3, 0.4) is 0 Å². The summed E-state index contributed by atoms with van der Waals surface area (Å²) < 4.78 is 42.8. The molecule has 0 atom stereocenters. The monoisotopic (exact) mass is 286 g/mol. The van der Waals surface area contributed by atoms with Gasteiger partial charge in [-0.3, -0.25) is 15.1 Å². The molecule has 0 amide bonds. The van der Waals surface area contributed by atoms with E-state index in [0.717, 1.165) is 12.1 Å². The van der Waals surface area contributed by atoms with Gasteiger partial charge in [0.1, 0.15) is 5.76 Å². The van der Waals surface area contributed by atoms with E-state index in [1.165, 1.54) is 6.20 Å². The Morgan fingerprint density at radius 2 is 2.10 bits per heavy atom. The number of nitrogens with zero attached hydrogens (tertiary/aromatic N) is 2. The Balaban J connectivity index is 2.35. The van der Waals surface area contributed by atoms with Gasteiger partial charge < -0.3 is 4.74 Å². The summed E-state index contributed by atoms with van der Waals surface area (Å²) in [5.74, 6) is 0.140. The van der Waals surface area contributed by atoms with Crippen molar-refractivity contribution in [2.24, 2.45) is 4.99 Å². The zero-order chi connectivity index (χ0) is 14.8. The van der Waals surface area contributed by atoms with Gasteiger partial charge >= 0.3 is 11.9 Å². The highest BCUT2D eigenvalue weighted by atomic mass is 19.4. The molecule has 1 aliphatic rings. The van der Waals surface area contributed by atoms with Crippen molar-refractivity contribution in [1.29, 1.82) is 0 Å². The third-order valence-corrected chi connectivity index (χ3v) is 2.57. The number of ether oxygens (including phenoxy) is 1. The predicted octanol–water partition coefficient (Wildman–Crippen LogP) is 3.70. The van der Waals surface area contributed by atoms with Crippen LogP contribution in [-0.2, 0) is 6.18 Å². The van der Waals surface area contributed by atoms with Gasteiger partial charge in [0.15, 0.2) is 0 Å². The zero-order valence-corrected chi connectivity index (χ0v) is 10.1. The zero-order valence-electron chi connectivity index (χ0n) is 10.1. The van der Waals surface area contributed by atoms with E-state index in [9.17, 15) is 23.3 Å². The largest absolute Gasteiger partial charge is 0.453 e. The van der Waals surface area contributed by atoms with Crippen LogP contribution in [0, 0.1) is 10.1 Å². The fourth-order valence-electron chi connectivity index (χ4n) is 1.62. The van der Waals surface area contributed by atoms with Gasteiger partial charge in [-0.25, -0.2) is 0 Å². The molecule has 106 valence electrons. The molecule has 0 N–H and O–H groups in total. The van der Waals surface area contributed by atoms with Gasteiger partial charge in [-0.05, 0) is 18.6 Å². The molecular weight excluding hydrogens is 277 g/mol. The van der Waals surface area contributed by atoms with Gasteiger partial charge in [0.2, 0.25) is 5.75 Å². The van der Waals surface area contributed by atoms with E-state index < -0.39 is 22.4 Å². The first-order valence-electron chi connectivity index (χ1n) is 5.62. The first-order valence-corrected chi connectivity index (χ1v) is 5.62. The van der Waals surface area contributed by atoms with Crippen LogP contribution in [0.4, 0.5) is 18.9 Å². The first kappa shape index (κ1) is 14.0. The molecule has 1 aliphatic heterocycles. The maximum atomic E-state index is 12.5. The molecule has 0 radical (unpaired) electrons. The maximum absolute atomic E-state index is 12.5. The summed E-state index contributed by atoms with van der Waals surface area (Å²) in [5.41, 5.74) is -1.82. The number of benzene rings is 1. The number of rotatable bonds is 3. The number of nitro groups is 1. The summed E-state index contributed by atoms with van der Waals surface area (Å²) >= 11 is 0. The fraction of sp³-hybridized carbons (Fsp3) is 0.250. The van der Waals surface area contributed by atoms with Gasteiger partial charge in [-0.15, -0.1) is 0 Å². The average molecular weight is 286 g/mol. The van der Waals surface area contributed by atoms with Crippen molar-refractivity contribution in [3.63, 3.8) is 0 Å². The number of nitro benzene ring substituents is 1. The van der Waals surface area contributed by atoms with Crippen molar-refractivity contribution in [3.8, 4) is 5.75 Å². The SMILES string of the molecule is O=[N+]([O-])c1cc(C(F)(F)F)ccc1OC1=CN=CCC1. The highest BCUT2D eigenvalue weighted by molar-refractivity contribution is 5.60. The van der Waals surface area contributed by atoms with Crippen molar-refractivity contribution in [2.75, 3.05) is 0 Å². The van der Waals surface area contributed by atoms with Crippen LogP contribution in [0.1, 0.15) is 18.4 Å². The van der Waals surface area contributed by atoms with Crippen molar-refractivity contribution < 1.29 is 22.8 Å². The normalized spacial score (nSPS) is 14.8. The second-order valence-electron chi connectivity index (χ2n) is 4.01. The molecule has 0 bridgehead atoms. The molecule has 1 aromatic rings. The fourth-order valence-corrected chi connectivity index (χ4v) is 1.62. The Bertz CT molecular complexity index is 594. The number of aliphatic imine (C=N–C) groups is 1. The standard InChI is InChI=1S/C12H9F3N2O3/c13-12(14,15)8-3-4-11(10(6-8)17(18)19)20-9-2-1-5-16-7-9/h3-7H,1-2H2. The molecule has 2 rings (SSSR count). The summed E-state index contributed by atoms with van der Waals surface area (Å²) in [6.45, 7) is 0. The van der Waals surface area contributed by atoms with E-state index in [0.29, 0.717) is 24.7 Å². The Hall–Kier alpha value is -2.38. The second-order valence-corrected chi connectivity index (χ2v) is 4.01. The van der Waals surface area contributed by atoms with Crippen LogP contribution < -0.4 is 4.74 Å². The van der Waals surface area contributed by atoms with Gasteiger partial charge in [-0.2, -0.15) is 13.2 Å². The summed E-state index contributed by atoms with van der Waals surface area (Å²) in [7, 11) is 0. The molecule has 0 fully saturated rings. The predicted molar refractivity (Wildman–Crippen MR) is 64.5 cm³/mol. The Labute approximate surface area is 111 Å². The number of allylic oxidation sites excluding steroid dienone is 1. The molecule has 0 unspecified atom stereocenters. The highest BCUT2D eigenvalue weighted by Crippen LogP contribution is 2.37. The van der Waals surface area contributed by atoms with Gasteiger partial charge in [0.25, 0.3) is 0 Å². The molecule has 0 aromatic heterocycles. The Morgan fingerprint density at radius 1 is 1.35 bits per heavy atom. The summed E-state index contributed by atoms with van der Waals surface area (Å²) in [6.07, 6.45) is -0.515. The molecule has 0 saturated heterocycles. The Morgan fingerprint density at radius 3 is 2.65 bits per heavy atom. The lowest BCUT2D eigenvalue weighted by atomic mass is 10.2. The minimum Gasteiger partial charge on any atom is -0.453 e. The second kappa shape index (κ2) is 5.32. The van der Waals surface area contributed by atoms with Gasteiger partial charge in [0.05, 0.1) is 16.7 Å². The van der Waals surface area contributed by atoms with Crippen LogP contribution in [-0.4, -0.2) is 11.1 Å². The number of halogens is 3. The summed E-state index contributed by atoms with van der Waals surface area (Å²) in [6, 6.07) is 2.15. The lowest BCUT2D eigenvalue weighted by Gasteiger charge is -2.12.